The molecule has 6 heteroatoms. The van der Waals surface area contributed by atoms with Crippen LogP contribution in [-0.2, 0) is 6.42 Å². The van der Waals surface area contributed by atoms with Crippen LogP contribution in [0.25, 0.3) is 23.1 Å². The SMILES string of the molecule is C=Cc1nccc(Nc2ccc(NCCc3c[nH]c4ccccc34)c(F)c2OC)c1C=C. The molecule has 0 aliphatic heterocycles. The average Bonchev–Trinajstić information content (AvgIpc) is 3.23. The van der Waals surface area contributed by atoms with Crippen molar-refractivity contribution in [2.75, 3.05) is 24.3 Å². The normalized spacial score (nSPS) is 10.7. The number of halogens is 1. The molecule has 0 amide bonds. The summed E-state index contributed by atoms with van der Waals surface area (Å²) in [6.45, 7) is 8.21. The molecular formula is C26H25FN4O. The summed E-state index contributed by atoms with van der Waals surface area (Å²) in [6.07, 6.45) is 7.77. The highest BCUT2D eigenvalue weighted by Gasteiger charge is 2.16. The Bertz CT molecular complexity index is 1280. The lowest BCUT2D eigenvalue weighted by molar-refractivity contribution is 0.389. The molecule has 5 nitrogen and oxygen atoms in total. The first-order valence-electron chi connectivity index (χ1n) is 10.3. The van der Waals surface area contributed by atoms with Gasteiger partial charge >= 0.3 is 0 Å². The Labute approximate surface area is 186 Å². The summed E-state index contributed by atoms with van der Waals surface area (Å²) >= 11 is 0. The lowest BCUT2D eigenvalue weighted by atomic mass is 10.1. The number of para-hydroxylation sites is 1. The second-order valence-corrected chi connectivity index (χ2v) is 7.23. The summed E-state index contributed by atoms with van der Waals surface area (Å²) in [5.74, 6) is -0.316. The summed E-state index contributed by atoms with van der Waals surface area (Å²) in [6, 6.07) is 13.4. The van der Waals surface area contributed by atoms with Gasteiger partial charge in [-0.2, -0.15) is 0 Å². The van der Waals surface area contributed by atoms with E-state index < -0.39 is 5.82 Å². The largest absolute Gasteiger partial charge is 0.492 e. The molecule has 2 aromatic heterocycles. The van der Waals surface area contributed by atoms with Gasteiger partial charge in [0.1, 0.15) is 0 Å². The zero-order valence-corrected chi connectivity index (χ0v) is 17.9. The Balaban J connectivity index is 1.52. The number of rotatable bonds is 9. The van der Waals surface area contributed by atoms with Gasteiger partial charge < -0.3 is 20.4 Å². The number of methoxy groups -OCH3 is 1. The van der Waals surface area contributed by atoms with E-state index in [0.717, 1.165) is 23.2 Å². The zero-order valence-electron chi connectivity index (χ0n) is 17.9. The molecule has 0 aliphatic rings. The lowest BCUT2D eigenvalue weighted by Crippen LogP contribution is -2.08. The summed E-state index contributed by atoms with van der Waals surface area (Å²) in [5.41, 5.74) is 5.40. The van der Waals surface area contributed by atoms with Gasteiger partial charge in [-0.15, -0.1) is 0 Å². The summed E-state index contributed by atoms with van der Waals surface area (Å²) in [7, 11) is 1.45. The van der Waals surface area contributed by atoms with E-state index in [1.807, 2.05) is 24.4 Å². The molecule has 2 aromatic carbocycles. The molecular weight excluding hydrogens is 403 g/mol. The number of hydrogen-bond donors (Lipinski definition) is 3. The Morgan fingerprint density at radius 1 is 1.06 bits per heavy atom. The van der Waals surface area contributed by atoms with Crippen LogP contribution >= 0.6 is 0 Å². The first-order valence-corrected chi connectivity index (χ1v) is 10.3. The molecule has 2 heterocycles. The fourth-order valence-corrected chi connectivity index (χ4v) is 3.78. The number of ether oxygens (including phenoxy) is 1. The molecule has 0 radical (unpaired) electrons. The zero-order chi connectivity index (χ0) is 22.5. The van der Waals surface area contributed by atoms with Crippen LogP contribution in [0.15, 0.2) is 68.0 Å². The van der Waals surface area contributed by atoms with E-state index in [9.17, 15) is 0 Å². The van der Waals surface area contributed by atoms with E-state index in [1.54, 1.807) is 36.5 Å². The quantitative estimate of drug-likeness (QED) is 0.289. The van der Waals surface area contributed by atoms with E-state index in [4.69, 9.17) is 4.74 Å². The number of hydrogen-bond acceptors (Lipinski definition) is 4. The molecule has 0 aliphatic carbocycles. The van der Waals surface area contributed by atoms with E-state index in [2.05, 4.69) is 39.8 Å². The van der Waals surface area contributed by atoms with Crippen LogP contribution in [0, 0.1) is 5.82 Å². The van der Waals surface area contributed by atoms with Gasteiger partial charge in [0.15, 0.2) is 11.6 Å². The maximum absolute atomic E-state index is 15.2. The predicted molar refractivity (Wildman–Crippen MR) is 131 cm³/mol. The molecule has 0 spiro atoms. The Morgan fingerprint density at radius 3 is 2.66 bits per heavy atom. The molecule has 3 N–H and O–H groups in total. The standard InChI is InChI=1S/C26H25FN4O/c1-4-18-20(5-2)28-15-13-22(18)31-24-11-10-23(25(27)26(24)32-3)29-14-12-17-16-30-21-9-7-6-8-19(17)21/h4-11,13,15-16,29-30H,1-2,12,14H2,3H3,(H,28,31). The third-order valence-corrected chi connectivity index (χ3v) is 5.37. The first kappa shape index (κ1) is 21.2. The van der Waals surface area contributed by atoms with E-state index in [1.165, 1.54) is 18.1 Å². The minimum Gasteiger partial charge on any atom is -0.492 e. The van der Waals surface area contributed by atoms with Crippen molar-refractivity contribution in [3.05, 3.63) is 90.7 Å². The maximum Gasteiger partial charge on any atom is 0.190 e. The van der Waals surface area contributed by atoms with Crippen LogP contribution in [0.2, 0.25) is 0 Å². The average molecular weight is 429 g/mol. The second-order valence-electron chi connectivity index (χ2n) is 7.23. The minimum absolute atomic E-state index is 0.133. The fraction of sp³-hybridized carbons (Fsp3) is 0.115. The Morgan fingerprint density at radius 2 is 1.88 bits per heavy atom. The van der Waals surface area contributed by atoms with Crippen molar-refractivity contribution in [3.63, 3.8) is 0 Å². The van der Waals surface area contributed by atoms with Crippen molar-refractivity contribution in [1.29, 1.82) is 0 Å². The molecule has 32 heavy (non-hydrogen) atoms. The number of aromatic nitrogens is 2. The molecule has 4 rings (SSSR count). The number of pyridine rings is 1. The number of benzene rings is 2. The highest BCUT2D eigenvalue weighted by atomic mass is 19.1. The van der Waals surface area contributed by atoms with Crippen LogP contribution in [0.1, 0.15) is 16.8 Å². The van der Waals surface area contributed by atoms with Gasteiger partial charge in [0.05, 0.1) is 24.2 Å². The highest BCUT2D eigenvalue weighted by Crippen LogP contribution is 2.36. The van der Waals surface area contributed by atoms with Crippen molar-refractivity contribution >= 4 is 40.1 Å². The summed E-state index contributed by atoms with van der Waals surface area (Å²) in [4.78, 5) is 7.54. The molecule has 4 aromatic rings. The summed E-state index contributed by atoms with van der Waals surface area (Å²) in [5, 5.41) is 7.60. The van der Waals surface area contributed by atoms with Gasteiger partial charge in [-0.05, 0) is 42.3 Å². The topological polar surface area (TPSA) is 62.0 Å². The Hall–Kier alpha value is -4.06. The van der Waals surface area contributed by atoms with Crippen molar-refractivity contribution in [3.8, 4) is 5.75 Å². The summed E-state index contributed by atoms with van der Waals surface area (Å²) < 4.78 is 20.6. The van der Waals surface area contributed by atoms with Crippen LogP contribution in [0.3, 0.4) is 0 Å². The third-order valence-electron chi connectivity index (χ3n) is 5.37. The number of aromatic amines is 1. The monoisotopic (exact) mass is 428 g/mol. The van der Waals surface area contributed by atoms with Gasteiger partial charge in [-0.25, -0.2) is 4.39 Å². The van der Waals surface area contributed by atoms with Gasteiger partial charge in [-0.1, -0.05) is 37.4 Å². The van der Waals surface area contributed by atoms with Crippen molar-refractivity contribution in [2.45, 2.75) is 6.42 Å². The van der Waals surface area contributed by atoms with Crippen LogP contribution < -0.4 is 15.4 Å². The van der Waals surface area contributed by atoms with E-state index in [0.29, 0.717) is 23.6 Å². The van der Waals surface area contributed by atoms with Crippen molar-refractivity contribution < 1.29 is 9.13 Å². The van der Waals surface area contributed by atoms with Crippen LogP contribution in [-0.4, -0.2) is 23.6 Å². The number of nitrogens with zero attached hydrogens (tertiary/aromatic N) is 1. The number of anilines is 3. The molecule has 0 saturated heterocycles. The Kier molecular flexibility index (Phi) is 6.22. The van der Waals surface area contributed by atoms with Gasteiger partial charge in [-0.3, -0.25) is 4.98 Å². The van der Waals surface area contributed by atoms with Crippen molar-refractivity contribution in [2.24, 2.45) is 0 Å². The molecule has 0 saturated carbocycles. The molecule has 0 unspecified atom stereocenters. The highest BCUT2D eigenvalue weighted by molar-refractivity contribution is 5.83. The number of H-pyrrole nitrogens is 1. The first-order chi connectivity index (χ1) is 15.7. The molecule has 0 fully saturated rings. The lowest BCUT2D eigenvalue weighted by Gasteiger charge is -2.17. The van der Waals surface area contributed by atoms with Crippen LogP contribution in [0.5, 0.6) is 5.75 Å². The minimum atomic E-state index is -0.449. The van der Waals surface area contributed by atoms with Gasteiger partial charge in [0.25, 0.3) is 0 Å². The van der Waals surface area contributed by atoms with Crippen LogP contribution in [0.4, 0.5) is 21.5 Å². The molecule has 0 bridgehead atoms. The smallest absolute Gasteiger partial charge is 0.190 e. The van der Waals surface area contributed by atoms with E-state index >= 15 is 4.39 Å². The maximum atomic E-state index is 15.2. The third kappa shape index (κ3) is 4.07. The van der Waals surface area contributed by atoms with Gasteiger partial charge in [0.2, 0.25) is 0 Å². The predicted octanol–water partition coefficient (Wildman–Crippen LogP) is 6.39. The fourth-order valence-electron chi connectivity index (χ4n) is 3.78. The molecule has 0 atom stereocenters. The van der Waals surface area contributed by atoms with Crippen molar-refractivity contribution in [1.82, 2.24) is 9.97 Å². The number of nitrogens with one attached hydrogen (secondary N) is 3. The number of fused-ring (bicyclic) bond motifs is 1. The molecule has 162 valence electrons. The van der Waals surface area contributed by atoms with Gasteiger partial charge in [0, 0.05) is 41.1 Å². The van der Waals surface area contributed by atoms with E-state index in [-0.39, 0.29) is 5.75 Å². The second kappa shape index (κ2) is 9.39.